The Bertz CT molecular complexity index is 457. The standard InChI is InChI=1S/C10H8N4O2/c11-5-8-1-3-9(4-2-8)13-14-10(7-15)6-12-16/h1-4,6-7,13,16H/b12-6+,14-10+. The van der Waals surface area contributed by atoms with Crippen LogP contribution in [0.5, 0.6) is 0 Å². The molecule has 0 unspecified atom stereocenters. The van der Waals surface area contributed by atoms with Gasteiger partial charge in [-0.2, -0.15) is 10.4 Å². The molecule has 0 spiro atoms. The van der Waals surface area contributed by atoms with Crippen molar-refractivity contribution in [2.75, 3.05) is 5.43 Å². The Kier molecular flexibility index (Phi) is 4.22. The van der Waals surface area contributed by atoms with Crippen LogP contribution in [-0.4, -0.2) is 23.4 Å². The third kappa shape index (κ3) is 3.23. The van der Waals surface area contributed by atoms with Crippen molar-refractivity contribution in [3.8, 4) is 6.07 Å². The van der Waals surface area contributed by atoms with Gasteiger partial charge in [-0.05, 0) is 24.3 Å². The van der Waals surface area contributed by atoms with Gasteiger partial charge in [-0.15, -0.1) is 0 Å². The van der Waals surface area contributed by atoms with Gasteiger partial charge in [0.1, 0.15) is 5.71 Å². The van der Waals surface area contributed by atoms with E-state index in [1.54, 1.807) is 24.3 Å². The number of nitrogens with zero attached hydrogens (tertiary/aromatic N) is 3. The van der Waals surface area contributed by atoms with Gasteiger partial charge < -0.3 is 5.21 Å². The maximum Gasteiger partial charge on any atom is 0.171 e. The number of carbonyl (C=O) groups is 1. The van der Waals surface area contributed by atoms with Crippen LogP contribution in [0, 0.1) is 11.3 Å². The summed E-state index contributed by atoms with van der Waals surface area (Å²) in [5.41, 5.74) is 3.67. The molecule has 0 heterocycles. The van der Waals surface area contributed by atoms with Crippen molar-refractivity contribution in [1.29, 1.82) is 5.26 Å². The first-order valence-corrected chi connectivity index (χ1v) is 4.26. The fraction of sp³-hybridized carbons (Fsp3) is 0. The summed E-state index contributed by atoms with van der Waals surface area (Å²) >= 11 is 0. The van der Waals surface area contributed by atoms with Crippen molar-refractivity contribution in [3.05, 3.63) is 29.8 Å². The van der Waals surface area contributed by atoms with Crippen molar-refractivity contribution in [3.63, 3.8) is 0 Å². The molecule has 0 fully saturated rings. The molecule has 1 aromatic rings. The molecule has 0 aromatic heterocycles. The summed E-state index contributed by atoms with van der Waals surface area (Å²) in [6.07, 6.45) is 1.35. The first-order valence-electron chi connectivity index (χ1n) is 4.26. The third-order valence-corrected chi connectivity index (χ3v) is 1.64. The lowest BCUT2D eigenvalue weighted by Gasteiger charge is -1.99. The number of carbonyl (C=O) groups excluding carboxylic acids is 1. The van der Waals surface area contributed by atoms with Crippen LogP contribution in [0.15, 0.2) is 34.5 Å². The average molecular weight is 216 g/mol. The molecule has 0 aliphatic rings. The number of hydrogen-bond donors (Lipinski definition) is 2. The minimum atomic E-state index is -0.0492. The summed E-state index contributed by atoms with van der Waals surface area (Å²) in [5.74, 6) is 0. The molecule has 0 aliphatic carbocycles. The number of nitriles is 1. The van der Waals surface area contributed by atoms with E-state index in [1.165, 1.54) is 0 Å². The van der Waals surface area contributed by atoms with Crippen LogP contribution in [0.4, 0.5) is 5.69 Å². The van der Waals surface area contributed by atoms with Crippen LogP contribution in [0.25, 0.3) is 0 Å². The van der Waals surface area contributed by atoms with Gasteiger partial charge in [0, 0.05) is 0 Å². The Labute approximate surface area is 91.5 Å². The second kappa shape index (κ2) is 5.93. The molecule has 0 radical (unpaired) electrons. The van der Waals surface area contributed by atoms with Crippen LogP contribution >= 0.6 is 0 Å². The molecule has 0 saturated heterocycles. The van der Waals surface area contributed by atoms with Crippen molar-refractivity contribution in [2.24, 2.45) is 10.3 Å². The SMILES string of the molecule is N#Cc1ccc(N/N=C(C=O)\C=N\O)cc1. The fourth-order valence-corrected chi connectivity index (χ4v) is 0.893. The molecule has 2 N–H and O–H groups in total. The molecule has 0 aliphatic heterocycles. The second-order valence-electron chi connectivity index (χ2n) is 2.70. The Morgan fingerprint density at radius 3 is 2.62 bits per heavy atom. The fourth-order valence-electron chi connectivity index (χ4n) is 0.893. The number of rotatable bonds is 4. The highest BCUT2D eigenvalue weighted by molar-refractivity contribution is 6.54. The van der Waals surface area contributed by atoms with Gasteiger partial charge in [0.2, 0.25) is 0 Å². The van der Waals surface area contributed by atoms with Crippen molar-refractivity contribution in [2.45, 2.75) is 0 Å². The smallest absolute Gasteiger partial charge is 0.171 e. The zero-order chi connectivity index (χ0) is 11.8. The predicted octanol–water partition coefficient (Wildman–Crippen LogP) is 0.985. The van der Waals surface area contributed by atoms with Gasteiger partial charge in [-0.1, -0.05) is 5.16 Å². The lowest BCUT2D eigenvalue weighted by Crippen LogP contribution is -2.05. The van der Waals surface area contributed by atoms with Crippen molar-refractivity contribution < 1.29 is 10.0 Å². The molecule has 0 amide bonds. The van der Waals surface area contributed by atoms with Gasteiger partial charge in [-0.25, -0.2) is 0 Å². The quantitative estimate of drug-likeness (QED) is 0.339. The Morgan fingerprint density at radius 1 is 1.44 bits per heavy atom. The number of oxime groups is 1. The molecule has 0 atom stereocenters. The van der Waals surface area contributed by atoms with Gasteiger partial charge in [-0.3, -0.25) is 10.2 Å². The molecule has 1 aromatic carbocycles. The van der Waals surface area contributed by atoms with E-state index in [0.717, 1.165) is 6.21 Å². The lowest BCUT2D eigenvalue weighted by atomic mass is 10.2. The van der Waals surface area contributed by atoms with E-state index in [0.29, 0.717) is 17.5 Å². The molecular weight excluding hydrogens is 208 g/mol. The zero-order valence-corrected chi connectivity index (χ0v) is 8.16. The minimum absolute atomic E-state index is 0.0492. The minimum Gasteiger partial charge on any atom is -0.411 e. The molecule has 6 nitrogen and oxygen atoms in total. The van der Waals surface area contributed by atoms with E-state index < -0.39 is 0 Å². The summed E-state index contributed by atoms with van der Waals surface area (Å²) in [6.45, 7) is 0. The summed E-state index contributed by atoms with van der Waals surface area (Å²) < 4.78 is 0. The number of aldehydes is 1. The van der Waals surface area contributed by atoms with Crippen molar-refractivity contribution >= 4 is 23.9 Å². The maximum absolute atomic E-state index is 10.4. The lowest BCUT2D eigenvalue weighted by molar-refractivity contribution is -0.102. The van der Waals surface area contributed by atoms with Crippen LogP contribution in [0.2, 0.25) is 0 Å². The molecule has 6 heteroatoms. The number of nitrogens with one attached hydrogen (secondary N) is 1. The van der Waals surface area contributed by atoms with Crippen LogP contribution in [0.1, 0.15) is 5.56 Å². The highest BCUT2D eigenvalue weighted by Gasteiger charge is 1.94. The van der Waals surface area contributed by atoms with E-state index in [4.69, 9.17) is 10.5 Å². The first kappa shape index (κ1) is 11.4. The van der Waals surface area contributed by atoms with Gasteiger partial charge >= 0.3 is 0 Å². The summed E-state index contributed by atoms with van der Waals surface area (Å²) in [5, 5.41) is 23.1. The van der Waals surface area contributed by atoms with E-state index in [2.05, 4.69) is 15.7 Å². The molecule has 0 bridgehead atoms. The van der Waals surface area contributed by atoms with Crippen LogP contribution in [0.3, 0.4) is 0 Å². The average Bonchev–Trinajstić information content (AvgIpc) is 2.35. The number of benzene rings is 1. The van der Waals surface area contributed by atoms with Gasteiger partial charge in [0.15, 0.2) is 6.29 Å². The van der Waals surface area contributed by atoms with Crippen LogP contribution in [-0.2, 0) is 4.79 Å². The zero-order valence-electron chi connectivity index (χ0n) is 8.16. The summed E-state index contributed by atoms with van der Waals surface area (Å²) in [4.78, 5) is 10.4. The van der Waals surface area contributed by atoms with E-state index >= 15 is 0 Å². The van der Waals surface area contributed by atoms with E-state index in [1.807, 2.05) is 6.07 Å². The number of anilines is 1. The summed E-state index contributed by atoms with van der Waals surface area (Å²) in [6, 6.07) is 8.47. The van der Waals surface area contributed by atoms with E-state index in [9.17, 15) is 4.79 Å². The van der Waals surface area contributed by atoms with Crippen molar-refractivity contribution in [1.82, 2.24) is 0 Å². The largest absolute Gasteiger partial charge is 0.411 e. The number of hydrogen-bond acceptors (Lipinski definition) is 6. The Balaban J connectivity index is 2.74. The van der Waals surface area contributed by atoms with Crippen LogP contribution < -0.4 is 5.43 Å². The first-order chi connectivity index (χ1) is 7.80. The molecule has 1 rings (SSSR count). The molecule has 16 heavy (non-hydrogen) atoms. The summed E-state index contributed by atoms with van der Waals surface area (Å²) in [7, 11) is 0. The predicted molar refractivity (Wildman–Crippen MR) is 58.6 cm³/mol. The second-order valence-corrected chi connectivity index (χ2v) is 2.70. The van der Waals surface area contributed by atoms with Gasteiger partial charge in [0.05, 0.1) is 23.5 Å². The number of hydrazone groups is 1. The molecule has 80 valence electrons. The Morgan fingerprint density at radius 2 is 2.12 bits per heavy atom. The third-order valence-electron chi connectivity index (χ3n) is 1.64. The van der Waals surface area contributed by atoms with Gasteiger partial charge in [0.25, 0.3) is 0 Å². The normalized spacial score (nSPS) is 11.1. The molecular formula is C10H8N4O2. The van der Waals surface area contributed by atoms with E-state index in [-0.39, 0.29) is 5.71 Å². The highest BCUT2D eigenvalue weighted by atomic mass is 16.4. The highest BCUT2D eigenvalue weighted by Crippen LogP contribution is 2.08. The monoisotopic (exact) mass is 216 g/mol. The maximum atomic E-state index is 10.4. The molecule has 0 saturated carbocycles. The Hall–Kier alpha value is -2.68. The topological polar surface area (TPSA) is 97.8 Å².